The van der Waals surface area contributed by atoms with Gasteiger partial charge in [0.15, 0.2) is 0 Å². The summed E-state index contributed by atoms with van der Waals surface area (Å²) in [6, 6.07) is 6.97. The lowest BCUT2D eigenvalue weighted by Gasteiger charge is -2.20. The molecule has 0 spiro atoms. The molecular formula is C15H24N2. The van der Waals surface area contributed by atoms with Crippen molar-refractivity contribution < 1.29 is 0 Å². The summed E-state index contributed by atoms with van der Waals surface area (Å²) in [6.45, 7) is 2.98. The predicted octanol–water partition coefficient (Wildman–Crippen LogP) is 3.59. The van der Waals surface area contributed by atoms with Gasteiger partial charge >= 0.3 is 0 Å². The van der Waals surface area contributed by atoms with E-state index in [4.69, 9.17) is 0 Å². The highest BCUT2D eigenvalue weighted by atomic mass is 14.9. The van der Waals surface area contributed by atoms with Crippen LogP contribution in [-0.4, -0.2) is 11.0 Å². The van der Waals surface area contributed by atoms with Crippen molar-refractivity contribution in [2.24, 2.45) is 0 Å². The number of rotatable bonds is 3. The van der Waals surface area contributed by atoms with Crippen LogP contribution in [0.3, 0.4) is 0 Å². The van der Waals surface area contributed by atoms with Crippen LogP contribution in [0.25, 0.3) is 0 Å². The van der Waals surface area contributed by atoms with E-state index in [0.717, 1.165) is 12.2 Å². The molecule has 1 fully saturated rings. The molecule has 0 aliphatic heterocycles. The maximum absolute atomic E-state index is 4.54. The van der Waals surface area contributed by atoms with Crippen LogP contribution in [0.2, 0.25) is 0 Å². The first-order valence-corrected chi connectivity index (χ1v) is 7.00. The second kappa shape index (κ2) is 6.75. The molecule has 2 nitrogen and oxygen atoms in total. The van der Waals surface area contributed by atoms with E-state index in [0.29, 0.717) is 6.04 Å². The molecule has 0 aromatic carbocycles. The molecule has 2 heteroatoms. The summed E-state index contributed by atoms with van der Waals surface area (Å²) in [5, 5.41) is 3.67. The Labute approximate surface area is 105 Å². The molecule has 2 rings (SSSR count). The third kappa shape index (κ3) is 4.47. The first kappa shape index (κ1) is 12.6. The van der Waals surface area contributed by atoms with Crippen LogP contribution in [0.15, 0.2) is 18.2 Å². The molecule has 94 valence electrons. The zero-order chi connectivity index (χ0) is 11.9. The monoisotopic (exact) mass is 232 g/mol. The number of nitrogens with zero attached hydrogens (tertiary/aromatic N) is 1. The highest BCUT2D eigenvalue weighted by Crippen LogP contribution is 2.17. The lowest BCUT2D eigenvalue weighted by atomic mass is 9.97. The van der Waals surface area contributed by atoms with E-state index < -0.39 is 0 Å². The Hall–Kier alpha value is -0.890. The molecule has 0 atom stereocenters. The minimum atomic E-state index is 0.706. The molecule has 0 bridgehead atoms. The van der Waals surface area contributed by atoms with Crippen LogP contribution >= 0.6 is 0 Å². The minimum absolute atomic E-state index is 0.706. The highest BCUT2D eigenvalue weighted by molar-refractivity contribution is 5.09. The van der Waals surface area contributed by atoms with Crippen LogP contribution in [0, 0.1) is 6.92 Å². The number of aryl methyl sites for hydroxylation is 1. The van der Waals surface area contributed by atoms with Crippen molar-refractivity contribution >= 4 is 0 Å². The van der Waals surface area contributed by atoms with Crippen molar-refractivity contribution in [3.63, 3.8) is 0 Å². The number of nitrogens with one attached hydrogen (secondary N) is 1. The van der Waals surface area contributed by atoms with Crippen LogP contribution < -0.4 is 5.32 Å². The zero-order valence-electron chi connectivity index (χ0n) is 10.9. The average Bonchev–Trinajstić information content (AvgIpc) is 2.27. The molecule has 1 saturated carbocycles. The normalized spacial score (nSPS) is 18.6. The summed E-state index contributed by atoms with van der Waals surface area (Å²) < 4.78 is 0. The summed E-state index contributed by atoms with van der Waals surface area (Å²) >= 11 is 0. The van der Waals surface area contributed by atoms with E-state index >= 15 is 0 Å². The van der Waals surface area contributed by atoms with Crippen LogP contribution in [0.5, 0.6) is 0 Å². The minimum Gasteiger partial charge on any atom is -0.308 e. The van der Waals surface area contributed by atoms with Crippen LogP contribution in [-0.2, 0) is 6.54 Å². The molecule has 1 aromatic rings. The Balaban J connectivity index is 1.79. The third-order valence-electron chi connectivity index (χ3n) is 3.62. The molecule has 0 unspecified atom stereocenters. The molecule has 1 aromatic heterocycles. The molecule has 1 aliphatic carbocycles. The largest absolute Gasteiger partial charge is 0.308 e. The van der Waals surface area contributed by atoms with Crippen LogP contribution in [0.4, 0.5) is 0 Å². The van der Waals surface area contributed by atoms with E-state index in [9.17, 15) is 0 Å². The van der Waals surface area contributed by atoms with Gasteiger partial charge in [0.05, 0.1) is 5.69 Å². The fourth-order valence-electron chi connectivity index (χ4n) is 2.61. The fourth-order valence-corrected chi connectivity index (χ4v) is 2.61. The number of hydrogen-bond donors (Lipinski definition) is 1. The molecular weight excluding hydrogens is 208 g/mol. The maximum atomic E-state index is 4.54. The van der Waals surface area contributed by atoms with Gasteiger partial charge in [0.2, 0.25) is 0 Å². The molecule has 1 aliphatic rings. The van der Waals surface area contributed by atoms with Gasteiger partial charge in [0, 0.05) is 18.3 Å². The second-order valence-electron chi connectivity index (χ2n) is 5.19. The predicted molar refractivity (Wildman–Crippen MR) is 71.9 cm³/mol. The molecule has 1 heterocycles. The van der Waals surface area contributed by atoms with Gasteiger partial charge in [-0.1, -0.05) is 38.2 Å². The standard InChI is InChI=1S/C15H24N2/c1-13-8-7-11-15(17-13)12-16-14-9-5-3-2-4-6-10-14/h7-8,11,14,16H,2-6,9-10,12H2,1H3. The Morgan fingerprint density at radius 3 is 2.53 bits per heavy atom. The van der Waals surface area contributed by atoms with Crippen molar-refractivity contribution in [2.45, 2.75) is 64.5 Å². The van der Waals surface area contributed by atoms with E-state index in [-0.39, 0.29) is 0 Å². The Kier molecular flexibility index (Phi) is 4.99. The summed E-state index contributed by atoms with van der Waals surface area (Å²) in [5.74, 6) is 0. The summed E-state index contributed by atoms with van der Waals surface area (Å²) in [6.07, 6.45) is 9.73. The van der Waals surface area contributed by atoms with Gasteiger partial charge < -0.3 is 5.32 Å². The van der Waals surface area contributed by atoms with E-state index in [1.54, 1.807) is 0 Å². The third-order valence-corrected chi connectivity index (χ3v) is 3.62. The zero-order valence-corrected chi connectivity index (χ0v) is 10.9. The first-order valence-electron chi connectivity index (χ1n) is 7.00. The lowest BCUT2D eigenvalue weighted by molar-refractivity contribution is 0.387. The summed E-state index contributed by atoms with van der Waals surface area (Å²) in [4.78, 5) is 4.54. The molecule has 0 saturated heterocycles. The Morgan fingerprint density at radius 2 is 1.82 bits per heavy atom. The van der Waals surface area contributed by atoms with Gasteiger partial charge in [-0.3, -0.25) is 4.98 Å². The maximum Gasteiger partial charge on any atom is 0.0544 e. The van der Waals surface area contributed by atoms with Gasteiger partial charge in [0.25, 0.3) is 0 Å². The lowest BCUT2D eigenvalue weighted by Crippen LogP contribution is -2.29. The second-order valence-corrected chi connectivity index (χ2v) is 5.19. The quantitative estimate of drug-likeness (QED) is 0.861. The number of pyridine rings is 1. The van der Waals surface area contributed by atoms with E-state index in [1.807, 2.05) is 0 Å². The first-order chi connectivity index (χ1) is 8.34. The molecule has 0 radical (unpaired) electrons. The van der Waals surface area contributed by atoms with Crippen molar-refractivity contribution in [2.75, 3.05) is 0 Å². The van der Waals surface area contributed by atoms with E-state index in [2.05, 4.69) is 35.4 Å². The van der Waals surface area contributed by atoms with Gasteiger partial charge in [-0.05, 0) is 31.9 Å². The van der Waals surface area contributed by atoms with Gasteiger partial charge in [-0.15, -0.1) is 0 Å². The van der Waals surface area contributed by atoms with Crippen molar-refractivity contribution in [1.82, 2.24) is 10.3 Å². The van der Waals surface area contributed by atoms with Gasteiger partial charge in [-0.25, -0.2) is 0 Å². The smallest absolute Gasteiger partial charge is 0.0544 e. The van der Waals surface area contributed by atoms with Crippen molar-refractivity contribution in [3.8, 4) is 0 Å². The topological polar surface area (TPSA) is 24.9 Å². The Morgan fingerprint density at radius 1 is 1.12 bits per heavy atom. The van der Waals surface area contributed by atoms with Gasteiger partial charge in [0.1, 0.15) is 0 Å². The summed E-state index contributed by atoms with van der Waals surface area (Å²) in [7, 11) is 0. The average molecular weight is 232 g/mol. The van der Waals surface area contributed by atoms with Crippen LogP contribution in [0.1, 0.15) is 56.3 Å². The fraction of sp³-hybridized carbons (Fsp3) is 0.667. The Bertz CT molecular complexity index is 327. The summed E-state index contributed by atoms with van der Waals surface area (Å²) in [5.41, 5.74) is 2.29. The molecule has 0 amide bonds. The van der Waals surface area contributed by atoms with E-state index in [1.165, 1.54) is 50.6 Å². The van der Waals surface area contributed by atoms with Gasteiger partial charge in [-0.2, -0.15) is 0 Å². The molecule has 17 heavy (non-hydrogen) atoms. The van der Waals surface area contributed by atoms with Crippen molar-refractivity contribution in [3.05, 3.63) is 29.6 Å². The number of aromatic nitrogens is 1. The van der Waals surface area contributed by atoms with Crippen molar-refractivity contribution in [1.29, 1.82) is 0 Å². The highest BCUT2D eigenvalue weighted by Gasteiger charge is 2.10. The number of hydrogen-bond acceptors (Lipinski definition) is 2. The molecule has 1 N–H and O–H groups in total. The SMILES string of the molecule is Cc1cccc(CNC2CCCCCCC2)n1.